The maximum atomic E-state index is 12.9. The fourth-order valence-electron chi connectivity index (χ4n) is 2.03. The van der Waals surface area contributed by atoms with Crippen molar-refractivity contribution in [3.63, 3.8) is 0 Å². The van der Waals surface area contributed by atoms with E-state index in [4.69, 9.17) is 5.73 Å². The number of hydrogen-bond acceptors (Lipinski definition) is 3. The molecule has 3 N–H and O–H groups in total. The molecule has 1 atom stereocenters. The predicted molar refractivity (Wildman–Crippen MR) is 75.6 cm³/mol. The Morgan fingerprint density at radius 2 is 1.95 bits per heavy atom. The maximum Gasteiger partial charge on any atom is 0.239 e. The number of likely N-dealkylation sites (N-methyl/N-ethyl adjacent to an activating group) is 2. The van der Waals surface area contributed by atoms with E-state index in [1.54, 1.807) is 19.1 Å². The molecule has 1 aromatic rings. The lowest BCUT2D eigenvalue weighted by molar-refractivity contribution is -0.123. The second kappa shape index (κ2) is 6.52. The Balaban J connectivity index is 2.91. The zero-order valence-electron chi connectivity index (χ0n) is 11.7. The van der Waals surface area contributed by atoms with E-state index in [-0.39, 0.29) is 5.82 Å². The highest BCUT2D eigenvalue weighted by molar-refractivity contribution is 5.85. The SMILES string of the molecule is CCNC(C)(CN(CC)c1ccc(F)cc1)C(N)=O. The third-order valence-corrected chi connectivity index (χ3v) is 3.19. The minimum absolute atomic E-state index is 0.274. The van der Waals surface area contributed by atoms with E-state index in [1.807, 2.05) is 18.7 Å². The number of nitrogens with one attached hydrogen (secondary N) is 1. The summed E-state index contributed by atoms with van der Waals surface area (Å²) in [6, 6.07) is 6.22. The van der Waals surface area contributed by atoms with E-state index in [9.17, 15) is 9.18 Å². The monoisotopic (exact) mass is 267 g/mol. The van der Waals surface area contributed by atoms with Gasteiger partial charge in [0, 0.05) is 18.8 Å². The van der Waals surface area contributed by atoms with Crippen molar-refractivity contribution in [1.29, 1.82) is 0 Å². The molecule has 4 nitrogen and oxygen atoms in total. The van der Waals surface area contributed by atoms with Gasteiger partial charge in [0.25, 0.3) is 0 Å². The highest BCUT2D eigenvalue weighted by Gasteiger charge is 2.32. The molecule has 1 rings (SSSR count). The molecule has 106 valence electrons. The second-order valence-corrected chi connectivity index (χ2v) is 4.72. The molecule has 0 radical (unpaired) electrons. The molecular weight excluding hydrogens is 245 g/mol. The molecule has 19 heavy (non-hydrogen) atoms. The van der Waals surface area contributed by atoms with Gasteiger partial charge in [-0.25, -0.2) is 4.39 Å². The van der Waals surface area contributed by atoms with Crippen molar-refractivity contribution in [2.24, 2.45) is 5.73 Å². The number of amides is 1. The highest BCUT2D eigenvalue weighted by atomic mass is 19.1. The number of nitrogens with two attached hydrogens (primary N) is 1. The molecular formula is C14H22FN3O. The number of halogens is 1. The highest BCUT2D eigenvalue weighted by Crippen LogP contribution is 2.17. The first kappa shape index (κ1) is 15.4. The van der Waals surface area contributed by atoms with Crippen molar-refractivity contribution in [1.82, 2.24) is 5.32 Å². The molecule has 5 heteroatoms. The third kappa shape index (κ3) is 3.92. The Morgan fingerprint density at radius 1 is 1.37 bits per heavy atom. The van der Waals surface area contributed by atoms with Crippen LogP contribution in [0.2, 0.25) is 0 Å². The van der Waals surface area contributed by atoms with Gasteiger partial charge in [-0.1, -0.05) is 6.92 Å². The fraction of sp³-hybridized carbons (Fsp3) is 0.500. The van der Waals surface area contributed by atoms with E-state index >= 15 is 0 Å². The first-order chi connectivity index (χ1) is 8.92. The average molecular weight is 267 g/mol. The Labute approximate surface area is 113 Å². The number of carbonyl (C=O) groups is 1. The van der Waals surface area contributed by atoms with Crippen molar-refractivity contribution in [3.05, 3.63) is 30.1 Å². The van der Waals surface area contributed by atoms with Crippen LogP contribution in [-0.4, -0.2) is 31.1 Å². The fourth-order valence-corrected chi connectivity index (χ4v) is 2.03. The van der Waals surface area contributed by atoms with Gasteiger partial charge in [-0.05, 0) is 44.7 Å². The summed E-state index contributed by atoms with van der Waals surface area (Å²) >= 11 is 0. The largest absolute Gasteiger partial charge is 0.369 e. The van der Waals surface area contributed by atoms with E-state index in [0.717, 1.165) is 5.69 Å². The normalized spacial score (nSPS) is 13.9. The van der Waals surface area contributed by atoms with Crippen LogP contribution in [0.25, 0.3) is 0 Å². The first-order valence-electron chi connectivity index (χ1n) is 6.48. The lowest BCUT2D eigenvalue weighted by Crippen LogP contribution is -2.59. The van der Waals surface area contributed by atoms with Gasteiger partial charge < -0.3 is 16.0 Å². The first-order valence-corrected chi connectivity index (χ1v) is 6.48. The van der Waals surface area contributed by atoms with Crippen LogP contribution in [0.1, 0.15) is 20.8 Å². The zero-order chi connectivity index (χ0) is 14.5. The molecule has 0 aliphatic rings. The summed E-state index contributed by atoms with van der Waals surface area (Å²) in [6.45, 7) is 7.50. The molecule has 0 aromatic heterocycles. The Hall–Kier alpha value is -1.62. The molecule has 0 aliphatic carbocycles. The quantitative estimate of drug-likeness (QED) is 0.787. The van der Waals surface area contributed by atoms with E-state index in [0.29, 0.717) is 19.6 Å². The van der Waals surface area contributed by atoms with Crippen LogP contribution in [0.5, 0.6) is 0 Å². The van der Waals surface area contributed by atoms with Gasteiger partial charge in [0.1, 0.15) is 11.4 Å². The molecule has 0 spiro atoms. The topological polar surface area (TPSA) is 58.4 Å². The summed E-state index contributed by atoms with van der Waals surface area (Å²) in [5, 5.41) is 3.11. The van der Waals surface area contributed by atoms with Crippen molar-refractivity contribution >= 4 is 11.6 Å². The zero-order valence-corrected chi connectivity index (χ0v) is 11.7. The number of nitrogens with zero attached hydrogens (tertiary/aromatic N) is 1. The molecule has 0 aliphatic heterocycles. The summed E-state index contributed by atoms with van der Waals surface area (Å²) in [6.07, 6.45) is 0. The van der Waals surface area contributed by atoms with Crippen LogP contribution in [0.15, 0.2) is 24.3 Å². The summed E-state index contributed by atoms with van der Waals surface area (Å²) in [4.78, 5) is 13.6. The number of primary amides is 1. The van der Waals surface area contributed by atoms with Crippen molar-refractivity contribution < 1.29 is 9.18 Å². The second-order valence-electron chi connectivity index (χ2n) is 4.72. The summed E-state index contributed by atoms with van der Waals surface area (Å²) in [5.41, 5.74) is 5.54. The van der Waals surface area contributed by atoms with Gasteiger partial charge in [0.2, 0.25) is 5.91 Å². The Morgan fingerprint density at radius 3 is 2.37 bits per heavy atom. The number of carbonyl (C=O) groups excluding carboxylic acids is 1. The van der Waals surface area contributed by atoms with E-state index in [1.165, 1.54) is 12.1 Å². The van der Waals surface area contributed by atoms with Gasteiger partial charge in [-0.3, -0.25) is 4.79 Å². The van der Waals surface area contributed by atoms with Crippen LogP contribution >= 0.6 is 0 Å². The standard InChI is InChI=1S/C14H22FN3O/c1-4-17-14(3,13(16)19)10-18(5-2)12-8-6-11(15)7-9-12/h6-9,17H,4-5,10H2,1-3H3,(H2,16,19). The molecule has 0 fully saturated rings. The smallest absolute Gasteiger partial charge is 0.239 e. The van der Waals surface area contributed by atoms with Gasteiger partial charge in [-0.2, -0.15) is 0 Å². The van der Waals surface area contributed by atoms with Crippen LogP contribution in [-0.2, 0) is 4.79 Å². The predicted octanol–water partition coefficient (Wildman–Crippen LogP) is 1.51. The third-order valence-electron chi connectivity index (χ3n) is 3.19. The molecule has 0 heterocycles. The van der Waals surface area contributed by atoms with Gasteiger partial charge in [0.05, 0.1) is 0 Å². The molecule has 0 saturated heterocycles. The Kier molecular flexibility index (Phi) is 5.30. The van der Waals surface area contributed by atoms with Crippen LogP contribution in [0.3, 0.4) is 0 Å². The lowest BCUT2D eigenvalue weighted by atomic mass is 10.00. The van der Waals surface area contributed by atoms with Crippen LogP contribution in [0, 0.1) is 5.82 Å². The molecule has 1 unspecified atom stereocenters. The van der Waals surface area contributed by atoms with Crippen molar-refractivity contribution in [2.75, 3.05) is 24.5 Å². The van der Waals surface area contributed by atoms with Gasteiger partial charge in [0.15, 0.2) is 0 Å². The van der Waals surface area contributed by atoms with Crippen molar-refractivity contribution in [3.8, 4) is 0 Å². The molecule has 1 amide bonds. The Bertz CT molecular complexity index is 421. The summed E-state index contributed by atoms with van der Waals surface area (Å²) < 4.78 is 12.9. The molecule has 0 saturated carbocycles. The summed E-state index contributed by atoms with van der Waals surface area (Å²) in [5.74, 6) is -0.668. The summed E-state index contributed by atoms with van der Waals surface area (Å²) in [7, 11) is 0. The van der Waals surface area contributed by atoms with Gasteiger partial charge >= 0.3 is 0 Å². The number of anilines is 1. The maximum absolute atomic E-state index is 12.9. The van der Waals surface area contributed by atoms with E-state index in [2.05, 4.69) is 5.32 Å². The number of rotatable bonds is 7. The number of hydrogen-bond donors (Lipinski definition) is 2. The van der Waals surface area contributed by atoms with Crippen LogP contribution < -0.4 is 16.0 Å². The van der Waals surface area contributed by atoms with E-state index < -0.39 is 11.4 Å². The lowest BCUT2D eigenvalue weighted by Gasteiger charge is -2.34. The average Bonchev–Trinajstić information content (AvgIpc) is 2.37. The minimum atomic E-state index is -0.806. The molecule has 1 aromatic carbocycles. The van der Waals surface area contributed by atoms with Gasteiger partial charge in [-0.15, -0.1) is 0 Å². The van der Waals surface area contributed by atoms with Crippen molar-refractivity contribution in [2.45, 2.75) is 26.3 Å². The number of benzene rings is 1. The minimum Gasteiger partial charge on any atom is -0.369 e. The molecule has 0 bridgehead atoms. The van der Waals surface area contributed by atoms with Crippen LogP contribution in [0.4, 0.5) is 10.1 Å².